The highest BCUT2D eigenvalue weighted by molar-refractivity contribution is 7.17. The van der Waals surface area contributed by atoms with Gasteiger partial charge in [-0.25, -0.2) is 15.0 Å². The van der Waals surface area contributed by atoms with Gasteiger partial charge in [-0.15, -0.1) is 11.3 Å². The van der Waals surface area contributed by atoms with Crippen molar-refractivity contribution in [1.82, 2.24) is 5.43 Å². The highest BCUT2D eigenvalue weighted by Crippen LogP contribution is 2.38. The minimum absolute atomic E-state index is 0.289. The molecule has 142 valence electrons. The average Bonchev–Trinajstić information content (AvgIpc) is 3.01. The highest BCUT2D eigenvalue weighted by atomic mass is 35.5. The van der Waals surface area contributed by atoms with Gasteiger partial charge in [0.05, 0.1) is 18.4 Å². The summed E-state index contributed by atoms with van der Waals surface area (Å²) in [5.41, 5.74) is 4.57. The van der Waals surface area contributed by atoms with Gasteiger partial charge < -0.3 is 4.74 Å². The number of nitrogens with zero attached hydrogens (tertiary/aromatic N) is 1. The second-order valence-electron chi connectivity index (χ2n) is 5.98. The monoisotopic (exact) mass is 405 g/mol. The molecule has 0 saturated heterocycles. The number of fused-ring (bicyclic) bond motifs is 1. The van der Waals surface area contributed by atoms with E-state index in [9.17, 15) is 9.59 Å². The Labute approximate surface area is 166 Å². The fraction of sp³-hybridized carbons (Fsp3) is 0.316. The van der Waals surface area contributed by atoms with Crippen molar-refractivity contribution in [1.29, 1.82) is 0 Å². The summed E-state index contributed by atoms with van der Waals surface area (Å²) >= 11 is 7.47. The second kappa shape index (κ2) is 9.01. The molecule has 6 nitrogen and oxygen atoms in total. The molecule has 0 radical (unpaired) electrons. The molecule has 0 unspecified atom stereocenters. The largest absolute Gasteiger partial charge is 0.462 e. The molecule has 27 heavy (non-hydrogen) atoms. The Bertz CT molecular complexity index is 879. The minimum atomic E-state index is -0.526. The Hall–Kier alpha value is -2.38. The van der Waals surface area contributed by atoms with Crippen LogP contribution in [0.1, 0.15) is 46.1 Å². The molecular formula is C19H20ClN3O3S. The zero-order valence-corrected chi connectivity index (χ0v) is 16.5. The van der Waals surface area contributed by atoms with Crippen LogP contribution in [0.25, 0.3) is 0 Å². The first-order chi connectivity index (χ1) is 13.1. The first kappa shape index (κ1) is 19.4. The normalized spacial score (nSPS) is 13.3. The van der Waals surface area contributed by atoms with Gasteiger partial charge in [0.2, 0.25) is 0 Å². The third-order valence-electron chi connectivity index (χ3n) is 4.15. The molecule has 8 heteroatoms. The van der Waals surface area contributed by atoms with Crippen LogP contribution in [0.2, 0.25) is 5.02 Å². The van der Waals surface area contributed by atoms with Crippen LogP contribution in [0.3, 0.4) is 0 Å². The van der Waals surface area contributed by atoms with Gasteiger partial charge in [0.15, 0.2) is 0 Å². The fourth-order valence-corrected chi connectivity index (χ4v) is 4.40. The van der Waals surface area contributed by atoms with Crippen LogP contribution < -0.4 is 10.7 Å². The summed E-state index contributed by atoms with van der Waals surface area (Å²) in [5.74, 6) is -0.397. The van der Waals surface area contributed by atoms with Gasteiger partial charge in [-0.2, -0.15) is 5.10 Å². The predicted molar refractivity (Wildman–Crippen MR) is 108 cm³/mol. The number of aryl methyl sites for hydroxylation is 1. The predicted octanol–water partition coefficient (Wildman–Crippen LogP) is 4.61. The molecule has 1 aromatic carbocycles. The van der Waals surface area contributed by atoms with Crippen LogP contribution in [-0.2, 0) is 17.6 Å². The number of anilines is 1. The Morgan fingerprint density at radius 1 is 1.30 bits per heavy atom. The lowest BCUT2D eigenvalue weighted by molar-refractivity contribution is 0.0526. The van der Waals surface area contributed by atoms with Gasteiger partial charge in [0.1, 0.15) is 5.00 Å². The van der Waals surface area contributed by atoms with Gasteiger partial charge in [-0.1, -0.05) is 29.8 Å². The minimum Gasteiger partial charge on any atom is -0.462 e. The Morgan fingerprint density at radius 3 is 2.85 bits per heavy atom. The lowest BCUT2D eigenvalue weighted by Gasteiger charge is -2.12. The molecule has 0 saturated carbocycles. The number of carbonyl (C=O) groups is 2. The van der Waals surface area contributed by atoms with E-state index in [-0.39, 0.29) is 6.61 Å². The number of hydrogen-bond acceptors (Lipinski definition) is 5. The van der Waals surface area contributed by atoms with Crippen molar-refractivity contribution in [3.63, 3.8) is 0 Å². The Kier molecular flexibility index (Phi) is 6.47. The van der Waals surface area contributed by atoms with Gasteiger partial charge in [-0.3, -0.25) is 5.32 Å². The number of thiophene rings is 1. The summed E-state index contributed by atoms with van der Waals surface area (Å²) < 4.78 is 5.18. The van der Waals surface area contributed by atoms with Crippen LogP contribution >= 0.6 is 22.9 Å². The Balaban J connectivity index is 1.72. The highest BCUT2D eigenvalue weighted by Gasteiger charge is 2.27. The maximum Gasteiger partial charge on any atom is 0.341 e. The Morgan fingerprint density at radius 2 is 2.07 bits per heavy atom. The molecule has 2 N–H and O–H groups in total. The summed E-state index contributed by atoms with van der Waals surface area (Å²) in [7, 11) is 0. The molecule has 0 bridgehead atoms. The molecule has 2 amide bonds. The van der Waals surface area contributed by atoms with E-state index in [1.54, 1.807) is 19.1 Å². The molecule has 0 spiro atoms. The van der Waals surface area contributed by atoms with E-state index in [4.69, 9.17) is 16.3 Å². The summed E-state index contributed by atoms with van der Waals surface area (Å²) in [4.78, 5) is 25.7. The molecule has 2 aromatic rings. The van der Waals surface area contributed by atoms with Crippen molar-refractivity contribution in [3.05, 3.63) is 50.9 Å². The van der Waals surface area contributed by atoms with Gasteiger partial charge in [-0.05, 0) is 44.2 Å². The zero-order chi connectivity index (χ0) is 19.2. The van der Waals surface area contributed by atoms with E-state index in [1.807, 2.05) is 12.1 Å². The number of hydrogen-bond donors (Lipinski definition) is 2. The molecule has 0 atom stereocenters. The number of urea groups is 1. The number of amides is 2. The van der Waals surface area contributed by atoms with Crippen LogP contribution in [-0.4, -0.2) is 24.8 Å². The smallest absolute Gasteiger partial charge is 0.341 e. The molecular weight excluding hydrogens is 386 g/mol. The molecule has 1 aliphatic carbocycles. The van der Waals surface area contributed by atoms with Gasteiger partial charge >= 0.3 is 12.0 Å². The fourth-order valence-electron chi connectivity index (χ4n) is 2.94. The third kappa shape index (κ3) is 4.67. The van der Waals surface area contributed by atoms with E-state index < -0.39 is 12.0 Å². The van der Waals surface area contributed by atoms with E-state index in [0.29, 0.717) is 21.2 Å². The number of nitrogens with one attached hydrogen (secondary N) is 2. The van der Waals surface area contributed by atoms with Crippen LogP contribution in [0.4, 0.5) is 9.80 Å². The SMILES string of the molecule is CCOC(=O)c1c(NC(=O)NN=Cc2ccccc2Cl)sc2c1CCCC2. The first-order valence-electron chi connectivity index (χ1n) is 8.76. The summed E-state index contributed by atoms with van der Waals surface area (Å²) in [6.07, 6.45) is 5.33. The van der Waals surface area contributed by atoms with Crippen molar-refractivity contribution in [3.8, 4) is 0 Å². The lowest BCUT2D eigenvalue weighted by atomic mass is 9.95. The first-order valence-corrected chi connectivity index (χ1v) is 9.95. The number of esters is 1. The maximum absolute atomic E-state index is 12.4. The van der Waals surface area contributed by atoms with Crippen LogP contribution in [0, 0.1) is 0 Å². The van der Waals surface area contributed by atoms with Crippen molar-refractivity contribution in [2.24, 2.45) is 5.10 Å². The molecule has 1 aromatic heterocycles. The van der Waals surface area contributed by atoms with Crippen molar-refractivity contribution >= 4 is 46.2 Å². The molecule has 1 aliphatic rings. The van der Waals surface area contributed by atoms with Crippen LogP contribution in [0.5, 0.6) is 0 Å². The number of benzene rings is 1. The summed E-state index contributed by atoms with van der Waals surface area (Å²) in [5, 5.41) is 7.68. The lowest BCUT2D eigenvalue weighted by Crippen LogP contribution is -2.25. The van der Waals surface area contributed by atoms with Crippen LogP contribution in [0.15, 0.2) is 29.4 Å². The standard InChI is InChI=1S/C19H20ClN3O3S/c1-2-26-18(24)16-13-8-4-6-10-15(13)27-17(16)22-19(25)23-21-11-12-7-3-5-9-14(12)20/h3,5,7,9,11H,2,4,6,8,10H2,1H3,(H2,22,23,25). The quantitative estimate of drug-likeness (QED) is 0.433. The van der Waals surface area contributed by atoms with Crippen molar-refractivity contribution in [2.75, 3.05) is 11.9 Å². The summed E-state index contributed by atoms with van der Waals surface area (Å²) in [6.45, 7) is 2.05. The van der Waals surface area contributed by atoms with E-state index in [1.165, 1.54) is 17.6 Å². The van der Waals surface area contributed by atoms with Crippen molar-refractivity contribution < 1.29 is 14.3 Å². The van der Waals surface area contributed by atoms with E-state index in [2.05, 4.69) is 15.8 Å². The molecule has 0 fully saturated rings. The van der Waals surface area contributed by atoms with E-state index in [0.717, 1.165) is 36.1 Å². The summed E-state index contributed by atoms with van der Waals surface area (Å²) in [6, 6.07) is 6.65. The van der Waals surface area contributed by atoms with Gasteiger partial charge in [0, 0.05) is 15.5 Å². The molecule has 0 aliphatic heterocycles. The number of halogens is 1. The zero-order valence-electron chi connectivity index (χ0n) is 14.9. The number of hydrazone groups is 1. The molecule has 1 heterocycles. The van der Waals surface area contributed by atoms with Gasteiger partial charge in [0.25, 0.3) is 0 Å². The van der Waals surface area contributed by atoms with E-state index >= 15 is 0 Å². The van der Waals surface area contributed by atoms with Crippen molar-refractivity contribution in [2.45, 2.75) is 32.6 Å². The second-order valence-corrected chi connectivity index (χ2v) is 7.49. The molecule has 3 rings (SSSR count). The topological polar surface area (TPSA) is 79.8 Å². The maximum atomic E-state index is 12.4. The third-order valence-corrected chi connectivity index (χ3v) is 5.70. The number of carbonyl (C=O) groups excluding carboxylic acids is 2. The number of rotatable bonds is 5. The average molecular weight is 406 g/mol. The number of ether oxygens (including phenoxy) is 1.